The van der Waals surface area contributed by atoms with Crippen LogP contribution in [0.15, 0.2) is 42.7 Å². The van der Waals surface area contributed by atoms with Gasteiger partial charge >= 0.3 is 0 Å². The van der Waals surface area contributed by atoms with Gasteiger partial charge in [0.2, 0.25) is 0 Å². The highest BCUT2D eigenvalue weighted by atomic mass is 32.1. The van der Waals surface area contributed by atoms with Gasteiger partial charge in [0.1, 0.15) is 5.82 Å². The average Bonchev–Trinajstić information content (AvgIpc) is 2.88. The molecule has 0 aliphatic rings. The van der Waals surface area contributed by atoms with E-state index in [1.807, 2.05) is 24.5 Å². The maximum Gasteiger partial charge on any atom is 0.123 e. The lowest BCUT2D eigenvalue weighted by atomic mass is 10.0. The highest BCUT2D eigenvalue weighted by Crippen LogP contribution is 2.34. The minimum atomic E-state index is -0.190. The van der Waals surface area contributed by atoms with Crippen LogP contribution in [0.2, 0.25) is 0 Å². The predicted molar refractivity (Wildman–Crippen MR) is 86.3 cm³/mol. The van der Waals surface area contributed by atoms with E-state index in [9.17, 15) is 4.39 Å². The minimum Gasteiger partial charge on any atom is -0.306 e. The fourth-order valence-corrected chi connectivity index (χ4v) is 3.66. The molecule has 4 heteroatoms. The van der Waals surface area contributed by atoms with Crippen molar-refractivity contribution in [3.8, 4) is 0 Å². The molecule has 0 spiro atoms. The van der Waals surface area contributed by atoms with Crippen molar-refractivity contribution in [2.24, 2.45) is 0 Å². The van der Waals surface area contributed by atoms with E-state index in [4.69, 9.17) is 0 Å². The van der Waals surface area contributed by atoms with E-state index >= 15 is 0 Å². The van der Waals surface area contributed by atoms with Crippen molar-refractivity contribution in [2.75, 3.05) is 6.54 Å². The van der Waals surface area contributed by atoms with Crippen molar-refractivity contribution in [2.45, 2.75) is 19.9 Å². The third-order valence-electron chi connectivity index (χ3n) is 3.58. The number of halogens is 1. The van der Waals surface area contributed by atoms with Crippen molar-refractivity contribution >= 4 is 21.4 Å². The topological polar surface area (TPSA) is 24.9 Å². The monoisotopic (exact) mass is 300 g/mol. The second-order valence-corrected chi connectivity index (χ2v) is 6.17. The summed E-state index contributed by atoms with van der Waals surface area (Å²) in [5, 5.41) is 4.47. The number of fused-ring (bicyclic) bond motifs is 1. The Morgan fingerprint density at radius 2 is 2.14 bits per heavy atom. The van der Waals surface area contributed by atoms with E-state index in [-0.39, 0.29) is 11.9 Å². The number of nitrogens with zero attached hydrogens (tertiary/aromatic N) is 1. The Labute approximate surface area is 127 Å². The maximum absolute atomic E-state index is 13.4. The third-order valence-corrected chi connectivity index (χ3v) is 4.76. The van der Waals surface area contributed by atoms with Crippen molar-refractivity contribution < 1.29 is 4.39 Å². The van der Waals surface area contributed by atoms with E-state index in [2.05, 4.69) is 30.2 Å². The SMILES string of the molecule is CCNC(c1cc2cc(F)ccc2s1)c1cnccc1C. The molecule has 0 radical (unpaired) electrons. The molecule has 2 heterocycles. The highest BCUT2D eigenvalue weighted by molar-refractivity contribution is 7.19. The van der Waals surface area contributed by atoms with Crippen LogP contribution in [-0.4, -0.2) is 11.5 Å². The Balaban J connectivity index is 2.09. The van der Waals surface area contributed by atoms with Crippen LogP contribution in [0.1, 0.15) is 29.0 Å². The summed E-state index contributed by atoms with van der Waals surface area (Å²) in [6, 6.07) is 9.14. The molecule has 2 aromatic heterocycles. The molecule has 0 bridgehead atoms. The van der Waals surface area contributed by atoms with Crippen LogP contribution in [0.25, 0.3) is 10.1 Å². The zero-order valence-electron chi connectivity index (χ0n) is 12.1. The Kier molecular flexibility index (Phi) is 3.99. The summed E-state index contributed by atoms with van der Waals surface area (Å²) in [4.78, 5) is 5.44. The molecule has 108 valence electrons. The van der Waals surface area contributed by atoms with Gasteiger partial charge in [0.15, 0.2) is 0 Å². The number of nitrogens with one attached hydrogen (secondary N) is 1. The van der Waals surface area contributed by atoms with Gasteiger partial charge in [-0.3, -0.25) is 4.98 Å². The molecule has 1 N–H and O–H groups in total. The third kappa shape index (κ3) is 2.82. The number of aryl methyl sites for hydroxylation is 1. The summed E-state index contributed by atoms with van der Waals surface area (Å²) >= 11 is 1.70. The number of pyridine rings is 1. The van der Waals surface area contributed by atoms with Gasteiger partial charge < -0.3 is 5.32 Å². The van der Waals surface area contributed by atoms with Crippen LogP contribution in [0, 0.1) is 12.7 Å². The highest BCUT2D eigenvalue weighted by Gasteiger charge is 2.18. The first kappa shape index (κ1) is 14.2. The average molecular weight is 300 g/mol. The number of hydrogen-bond acceptors (Lipinski definition) is 3. The lowest BCUT2D eigenvalue weighted by molar-refractivity contribution is 0.629. The fraction of sp³-hybridized carbons (Fsp3) is 0.235. The molecular weight excluding hydrogens is 283 g/mol. The van der Waals surface area contributed by atoms with Crippen LogP contribution in [0.5, 0.6) is 0 Å². The van der Waals surface area contributed by atoms with E-state index in [1.165, 1.54) is 22.1 Å². The molecule has 0 aliphatic heterocycles. The summed E-state index contributed by atoms with van der Waals surface area (Å²) in [6.07, 6.45) is 3.72. The zero-order chi connectivity index (χ0) is 14.8. The van der Waals surface area contributed by atoms with Crippen molar-refractivity contribution in [1.82, 2.24) is 10.3 Å². The number of benzene rings is 1. The summed E-state index contributed by atoms with van der Waals surface area (Å²) < 4.78 is 14.5. The van der Waals surface area contributed by atoms with Gasteiger partial charge in [-0.1, -0.05) is 6.92 Å². The van der Waals surface area contributed by atoms with E-state index in [0.29, 0.717) is 0 Å². The summed E-state index contributed by atoms with van der Waals surface area (Å²) in [6.45, 7) is 5.04. The van der Waals surface area contributed by atoms with Crippen molar-refractivity contribution in [3.63, 3.8) is 0 Å². The van der Waals surface area contributed by atoms with Crippen molar-refractivity contribution in [1.29, 1.82) is 0 Å². The zero-order valence-corrected chi connectivity index (χ0v) is 12.9. The molecule has 1 aromatic carbocycles. The van der Waals surface area contributed by atoms with Gasteiger partial charge in [-0.05, 0) is 60.3 Å². The molecule has 0 aliphatic carbocycles. The Morgan fingerprint density at radius 3 is 2.90 bits per heavy atom. The maximum atomic E-state index is 13.4. The van der Waals surface area contributed by atoms with Gasteiger partial charge in [-0.25, -0.2) is 4.39 Å². The first-order chi connectivity index (χ1) is 10.2. The van der Waals surface area contributed by atoms with Crippen LogP contribution < -0.4 is 5.32 Å². The summed E-state index contributed by atoms with van der Waals surface area (Å²) in [7, 11) is 0. The van der Waals surface area contributed by atoms with Gasteiger partial charge in [0.05, 0.1) is 6.04 Å². The molecular formula is C17H17FN2S. The fourth-order valence-electron chi connectivity index (χ4n) is 2.52. The van der Waals surface area contributed by atoms with Crippen molar-refractivity contribution in [3.05, 3.63) is 64.5 Å². The lowest BCUT2D eigenvalue weighted by Gasteiger charge is -2.18. The van der Waals surface area contributed by atoms with Gasteiger partial charge in [0.25, 0.3) is 0 Å². The molecule has 0 saturated carbocycles. The lowest BCUT2D eigenvalue weighted by Crippen LogP contribution is -2.22. The molecule has 0 saturated heterocycles. The van der Waals surface area contributed by atoms with Crippen LogP contribution in [0.4, 0.5) is 4.39 Å². The van der Waals surface area contributed by atoms with Crippen LogP contribution in [-0.2, 0) is 0 Å². The van der Waals surface area contributed by atoms with E-state index < -0.39 is 0 Å². The molecule has 0 amide bonds. The molecule has 21 heavy (non-hydrogen) atoms. The number of aromatic nitrogens is 1. The van der Waals surface area contributed by atoms with Gasteiger partial charge in [-0.15, -0.1) is 11.3 Å². The number of hydrogen-bond donors (Lipinski definition) is 1. The van der Waals surface area contributed by atoms with E-state index in [0.717, 1.165) is 16.6 Å². The Hall–Kier alpha value is -1.78. The Morgan fingerprint density at radius 1 is 1.29 bits per heavy atom. The quantitative estimate of drug-likeness (QED) is 0.770. The standard InChI is InChI=1S/C17H17FN2S/c1-3-20-17(14-10-19-7-6-11(14)2)16-9-12-8-13(18)4-5-15(12)21-16/h4-10,17,20H,3H2,1-2H3. The van der Waals surface area contributed by atoms with Crippen LogP contribution in [0.3, 0.4) is 0 Å². The number of rotatable bonds is 4. The summed E-state index contributed by atoms with van der Waals surface area (Å²) in [5.74, 6) is -0.190. The molecule has 1 atom stereocenters. The minimum absolute atomic E-state index is 0.101. The predicted octanol–water partition coefficient (Wildman–Crippen LogP) is 4.44. The summed E-state index contributed by atoms with van der Waals surface area (Å²) in [5.41, 5.74) is 2.38. The molecule has 2 nitrogen and oxygen atoms in total. The first-order valence-electron chi connectivity index (χ1n) is 7.02. The first-order valence-corrected chi connectivity index (χ1v) is 7.83. The smallest absolute Gasteiger partial charge is 0.123 e. The van der Waals surface area contributed by atoms with Crippen LogP contribution >= 0.6 is 11.3 Å². The second kappa shape index (κ2) is 5.92. The molecule has 3 aromatic rings. The Bertz CT molecular complexity index is 766. The largest absolute Gasteiger partial charge is 0.306 e. The number of thiophene rings is 1. The van der Waals surface area contributed by atoms with E-state index in [1.54, 1.807) is 17.4 Å². The molecule has 3 rings (SSSR count). The molecule has 1 unspecified atom stereocenters. The molecule has 0 fully saturated rings. The van der Waals surface area contributed by atoms with Gasteiger partial charge in [-0.2, -0.15) is 0 Å². The normalized spacial score (nSPS) is 12.7. The van der Waals surface area contributed by atoms with Gasteiger partial charge in [0, 0.05) is 22.0 Å². The second-order valence-electron chi connectivity index (χ2n) is 5.05.